The Morgan fingerprint density at radius 2 is 2.28 bits per heavy atom. The maximum atomic E-state index is 4.65. The minimum atomic E-state index is 0.727. The van der Waals surface area contributed by atoms with E-state index >= 15 is 0 Å². The Morgan fingerprint density at radius 3 is 2.94 bits per heavy atom. The third kappa shape index (κ3) is 2.08. The van der Waals surface area contributed by atoms with E-state index < -0.39 is 0 Å². The van der Waals surface area contributed by atoms with Crippen molar-refractivity contribution in [2.45, 2.75) is 31.8 Å². The predicted octanol–water partition coefficient (Wildman–Crippen LogP) is 2.72. The van der Waals surface area contributed by atoms with E-state index in [4.69, 9.17) is 0 Å². The van der Waals surface area contributed by atoms with Crippen molar-refractivity contribution in [3.63, 3.8) is 0 Å². The lowest BCUT2D eigenvalue weighted by atomic mass is 9.92. The largest absolute Gasteiger partial charge is 0.372 e. The van der Waals surface area contributed by atoms with Gasteiger partial charge < -0.3 is 5.32 Å². The second kappa shape index (κ2) is 4.82. The van der Waals surface area contributed by atoms with Gasteiger partial charge in [-0.1, -0.05) is 6.42 Å². The summed E-state index contributed by atoms with van der Waals surface area (Å²) >= 11 is 1.68. The normalized spacial score (nSPS) is 16.2. The molecule has 1 aliphatic carbocycles. The average molecular weight is 262 g/mol. The highest BCUT2D eigenvalue weighted by Crippen LogP contribution is 2.27. The van der Waals surface area contributed by atoms with Gasteiger partial charge in [0.25, 0.3) is 0 Å². The fraction of sp³-hybridized carbons (Fsp3) is 0.538. The van der Waals surface area contributed by atoms with Crippen LogP contribution in [0.15, 0.2) is 11.4 Å². The molecule has 2 aromatic heterocycles. The first-order chi connectivity index (χ1) is 8.78. The number of rotatable bonds is 4. The van der Waals surface area contributed by atoms with Crippen molar-refractivity contribution in [2.75, 3.05) is 19.4 Å². The maximum absolute atomic E-state index is 4.65. The number of hydrogen-bond acceptors (Lipinski definition) is 5. The molecule has 18 heavy (non-hydrogen) atoms. The van der Waals surface area contributed by atoms with Crippen LogP contribution in [0.3, 0.4) is 0 Å². The summed E-state index contributed by atoms with van der Waals surface area (Å²) < 4.78 is 0. The van der Waals surface area contributed by atoms with E-state index in [2.05, 4.69) is 38.7 Å². The molecule has 0 saturated heterocycles. The van der Waals surface area contributed by atoms with E-state index in [-0.39, 0.29) is 0 Å². The van der Waals surface area contributed by atoms with Crippen molar-refractivity contribution in [3.8, 4) is 0 Å². The number of hydrogen-bond donors (Lipinski definition) is 1. The highest BCUT2D eigenvalue weighted by molar-refractivity contribution is 7.16. The molecule has 0 amide bonds. The first kappa shape index (κ1) is 11.9. The van der Waals surface area contributed by atoms with Gasteiger partial charge >= 0.3 is 0 Å². The molecule has 2 aromatic rings. The topological polar surface area (TPSA) is 41.1 Å². The Hall–Kier alpha value is -1.20. The highest BCUT2D eigenvalue weighted by Gasteiger charge is 2.22. The van der Waals surface area contributed by atoms with Crippen LogP contribution in [-0.4, -0.2) is 35.0 Å². The van der Waals surface area contributed by atoms with Crippen molar-refractivity contribution in [1.29, 1.82) is 0 Å². The molecule has 1 aliphatic rings. The Labute approximate surface area is 111 Å². The zero-order valence-corrected chi connectivity index (χ0v) is 11.6. The SMILES string of the molecule is CNc1nc(CN(C)C2CCC2)nc2sccc12. The number of fused-ring (bicyclic) bond motifs is 1. The lowest BCUT2D eigenvalue weighted by Crippen LogP contribution is -2.37. The van der Waals surface area contributed by atoms with Gasteiger partial charge in [-0.05, 0) is 31.3 Å². The molecule has 0 unspecified atom stereocenters. The molecule has 2 heterocycles. The third-order valence-electron chi connectivity index (χ3n) is 3.70. The van der Waals surface area contributed by atoms with Gasteiger partial charge in [0.05, 0.1) is 11.9 Å². The van der Waals surface area contributed by atoms with Gasteiger partial charge in [0.2, 0.25) is 0 Å². The van der Waals surface area contributed by atoms with E-state index in [1.807, 2.05) is 7.05 Å². The van der Waals surface area contributed by atoms with Crippen molar-refractivity contribution < 1.29 is 0 Å². The molecule has 0 bridgehead atoms. The minimum Gasteiger partial charge on any atom is -0.372 e. The Bertz CT molecular complexity index is 547. The molecule has 0 atom stereocenters. The van der Waals surface area contributed by atoms with Crippen LogP contribution < -0.4 is 5.32 Å². The van der Waals surface area contributed by atoms with E-state index in [9.17, 15) is 0 Å². The number of nitrogens with zero attached hydrogens (tertiary/aromatic N) is 3. The summed E-state index contributed by atoms with van der Waals surface area (Å²) in [7, 11) is 4.09. The Kier molecular flexibility index (Phi) is 3.18. The van der Waals surface area contributed by atoms with Gasteiger partial charge in [0.1, 0.15) is 16.5 Å². The van der Waals surface area contributed by atoms with Gasteiger partial charge in [-0.15, -0.1) is 11.3 Å². The van der Waals surface area contributed by atoms with E-state index in [0.29, 0.717) is 0 Å². The van der Waals surface area contributed by atoms with Crippen LogP contribution in [0, 0.1) is 0 Å². The summed E-state index contributed by atoms with van der Waals surface area (Å²) in [6.07, 6.45) is 3.99. The van der Waals surface area contributed by atoms with Crippen LogP contribution in [0.2, 0.25) is 0 Å². The average Bonchev–Trinajstić information content (AvgIpc) is 2.73. The van der Waals surface area contributed by atoms with Crippen molar-refractivity contribution in [3.05, 3.63) is 17.3 Å². The molecule has 0 radical (unpaired) electrons. The number of anilines is 1. The summed E-state index contributed by atoms with van der Waals surface area (Å²) in [5.41, 5.74) is 0. The Balaban J connectivity index is 1.86. The third-order valence-corrected chi connectivity index (χ3v) is 4.50. The second-order valence-electron chi connectivity index (χ2n) is 4.88. The summed E-state index contributed by atoms with van der Waals surface area (Å²) in [6.45, 7) is 0.840. The van der Waals surface area contributed by atoms with Gasteiger partial charge in [0, 0.05) is 13.1 Å². The molecule has 0 aliphatic heterocycles. The second-order valence-corrected chi connectivity index (χ2v) is 5.77. The molecule has 0 aromatic carbocycles. The zero-order chi connectivity index (χ0) is 12.5. The predicted molar refractivity (Wildman–Crippen MR) is 76.1 cm³/mol. The minimum absolute atomic E-state index is 0.727. The smallest absolute Gasteiger partial charge is 0.146 e. The maximum Gasteiger partial charge on any atom is 0.146 e. The van der Waals surface area contributed by atoms with E-state index in [0.717, 1.165) is 34.4 Å². The Morgan fingerprint density at radius 1 is 1.44 bits per heavy atom. The summed E-state index contributed by atoms with van der Waals surface area (Å²) in [6, 6.07) is 2.80. The summed E-state index contributed by atoms with van der Waals surface area (Å²) in [5, 5.41) is 6.36. The molecular weight excluding hydrogens is 244 g/mol. The molecule has 1 fully saturated rings. The fourth-order valence-corrected chi connectivity index (χ4v) is 3.12. The number of nitrogens with one attached hydrogen (secondary N) is 1. The molecule has 96 valence electrons. The first-order valence-corrected chi connectivity index (χ1v) is 7.28. The fourth-order valence-electron chi connectivity index (χ4n) is 2.34. The van der Waals surface area contributed by atoms with Gasteiger partial charge in [-0.25, -0.2) is 9.97 Å². The molecule has 1 saturated carbocycles. The standard InChI is InChI=1S/C13H18N4S/c1-14-12-10-6-7-18-13(10)16-11(15-12)8-17(2)9-4-3-5-9/h6-7,9H,3-5,8H2,1-2H3,(H,14,15,16). The zero-order valence-electron chi connectivity index (χ0n) is 10.8. The van der Waals surface area contributed by atoms with Crippen LogP contribution in [0.25, 0.3) is 10.2 Å². The number of aromatic nitrogens is 2. The van der Waals surface area contributed by atoms with E-state index in [1.54, 1.807) is 11.3 Å². The van der Waals surface area contributed by atoms with Crippen LogP contribution in [-0.2, 0) is 6.54 Å². The number of thiophene rings is 1. The van der Waals surface area contributed by atoms with E-state index in [1.165, 1.54) is 19.3 Å². The van der Waals surface area contributed by atoms with Gasteiger partial charge in [0.15, 0.2) is 0 Å². The molecular formula is C13H18N4S. The monoisotopic (exact) mass is 262 g/mol. The lowest BCUT2D eigenvalue weighted by Gasteiger charge is -2.34. The molecule has 3 rings (SSSR count). The van der Waals surface area contributed by atoms with Gasteiger partial charge in [-0.3, -0.25) is 4.90 Å². The summed E-state index contributed by atoms with van der Waals surface area (Å²) in [4.78, 5) is 12.7. The van der Waals surface area contributed by atoms with Crippen LogP contribution >= 0.6 is 11.3 Å². The van der Waals surface area contributed by atoms with Crippen LogP contribution in [0.4, 0.5) is 5.82 Å². The molecule has 0 spiro atoms. The molecule has 1 N–H and O–H groups in total. The quantitative estimate of drug-likeness (QED) is 0.920. The van der Waals surface area contributed by atoms with Crippen molar-refractivity contribution >= 4 is 27.4 Å². The lowest BCUT2D eigenvalue weighted by molar-refractivity contribution is 0.149. The van der Waals surface area contributed by atoms with Crippen LogP contribution in [0.5, 0.6) is 0 Å². The molecule has 5 heteroatoms. The van der Waals surface area contributed by atoms with Crippen molar-refractivity contribution in [2.24, 2.45) is 0 Å². The summed E-state index contributed by atoms with van der Waals surface area (Å²) in [5.74, 6) is 1.86. The van der Waals surface area contributed by atoms with Crippen LogP contribution in [0.1, 0.15) is 25.1 Å². The van der Waals surface area contributed by atoms with Crippen molar-refractivity contribution in [1.82, 2.24) is 14.9 Å². The first-order valence-electron chi connectivity index (χ1n) is 6.40. The highest BCUT2D eigenvalue weighted by atomic mass is 32.1. The molecule has 4 nitrogen and oxygen atoms in total. The van der Waals surface area contributed by atoms with Gasteiger partial charge in [-0.2, -0.15) is 0 Å².